The zero-order valence-corrected chi connectivity index (χ0v) is 18.8. The number of hydrogen-bond acceptors (Lipinski definition) is 5. The Morgan fingerprint density at radius 3 is 2.67 bits per heavy atom. The minimum atomic E-state index is -3.75. The summed E-state index contributed by atoms with van der Waals surface area (Å²) in [6.07, 6.45) is 2.57. The minimum Gasteiger partial charge on any atom is -0.326 e. The summed E-state index contributed by atoms with van der Waals surface area (Å²) in [5.41, 5.74) is 2.25. The molecule has 0 aromatic heterocycles. The number of sulfonamides is 1. The Morgan fingerprint density at radius 2 is 1.97 bits per heavy atom. The lowest BCUT2D eigenvalue weighted by Crippen LogP contribution is -2.33. The number of anilines is 2. The molecule has 3 rings (SSSR count). The molecule has 1 atom stereocenters. The molecule has 2 amide bonds. The molecule has 160 valence electrons. The molecule has 0 aliphatic carbocycles. The summed E-state index contributed by atoms with van der Waals surface area (Å²) in [5.74, 6) is -0.333. The summed E-state index contributed by atoms with van der Waals surface area (Å²) in [5, 5.41) is 2.77. The Labute approximate surface area is 181 Å². The highest BCUT2D eigenvalue weighted by atomic mass is 32.2. The number of hydrogen-bond donors (Lipinski definition) is 2. The third kappa shape index (κ3) is 5.03. The van der Waals surface area contributed by atoms with Crippen LogP contribution in [0.5, 0.6) is 0 Å². The van der Waals surface area contributed by atoms with E-state index in [4.69, 9.17) is 0 Å². The number of carbonyl (C=O) groups excluding carboxylic acids is 2. The van der Waals surface area contributed by atoms with E-state index in [2.05, 4.69) is 10.0 Å². The van der Waals surface area contributed by atoms with Gasteiger partial charge < -0.3 is 10.2 Å². The van der Waals surface area contributed by atoms with Gasteiger partial charge in [-0.25, -0.2) is 13.1 Å². The standard InChI is InChI=1S/C21H25N3O4S2/c1-14-11-16-12-19(7-8-20(16)24(14)15(2)25)30(27,28)22-10-9-21(26)23-17-5-4-6-18(13-17)29-3/h4-8,12-14,22H,9-11H2,1-3H3,(H,23,26)/t14-/m1/s1. The lowest BCUT2D eigenvalue weighted by Gasteiger charge is -2.20. The lowest BCUT2D eigenvalue weighted by molar-refractivity contribution is -0.117. The fourth-order valence-corrected chi connectivity index (χ4v) is 5.10. The Hall–Kier alpha value is -2.36. The van der Waals surface area contributed by atoms with Gasteiger partial charge >= 0.3 is 0 Å². The van der Waals surface area contributed by atoms with Crippen molar-refractivity contribution in [1.82, 2.24) is 4.72 Å². The number of amides is 2. The summed E-state index contributed by atoms with van der Waals surface area (Å²) in [7, 11) is -3.75. The fraction of sp³-hybridized carbons (Fsp3) is 0.333. The quantitative estimate of drug-likeness (QED) is 0.636. The summed E-state index contributed by atoms with van der Waals surface area (Å²) in [6, 6.07) is 12.2. The minimum absolute atomic E-state index is 0.00304. The van der Waals surface area contributed by atoms with Crippen molar-refractivity contribution in [2.45, 2.75) is 42.5 Å². The van der Waals surface area contributed by atoms with Gasteiger partial charge in [0.2, 0.25) is 21.8 Å². The Morgan fingerprint density at radius 1 is 1.20 bits per heavy atom. The Kier molecular flexibility index (Phi) is 6.84. The van der Waals surface area contributed by atoms with E-state index in [1.807, 2.05) is 31.4 Å². The number of nitrogens with zero attached hydrogens (tertiary/aromatic N) is 1. The van der Waals surface area contributed by atoms with E-state index in [1.165, 1.54) is 13.0 Å². The first kappa shape index (κ1) is 22.3. The molecule has 1 heterocycles. The predicted octanol–water partition coefficient (Wildman–Crippen LogP) is 3.01. The van der Waals surface area contributed by atoms with Gasteiger partial charge in [0.25, 0.3) is 0 Å². The summed E-state index contributed by atoms with van der Waals surface area (Å²) >= 11 is 1.57. The van der Waals surface area contributed by atoms with Crippen LogP contribution in [0.4, 0.5) is 11.4 Å². The molecule has 1 aliphatic rings. The second-order valence-corrected chi connectivity index (χ2v) is 9.81. The smallest absolute Gasteiger partial charge is 0.240 e. The van der Waals surface area contributed by atoms with Crippen LogP contribution in [0.15, 0.2) is 52.3 Å². The third-order valence-electron chi connectivity index (χ3n) is 4.91. The van der Waals surface area contributed by atoms with Crippen LogP contribution < -0.4 is 14.9 Å². The van der Waals surface area contributed by atoms with E-state index in [0.717, 1.165) is 16.1 Å². The largest absolute Gasteiger partial charge is 0.326 e. The second kappa shape index (κ2) is 9.20. The predicted molar refractivity (Wildman–Crippen MR) is 119 cm³/mol. The van der Waals surface area contributed by atoms with Crippen LogP contribution in [-0.4, -0.2) is 39.1 Å². The number of thioether (sulfide) groups is 1. The normalized spacial score (nSPS) is 15.7. The van der Waals surface area contributed by atoms with Crippen molar-refractivity contribution >= 4 is 45.0 Å². The van der Waals surface area contributed by atoms with Crippen molar-refractivity contribution in [3.8, 4) is 0 Å². The highest BCUT2D eigenvalue weighted by Gasteiger charge is 2.30. The first-order chi connectivity index (χ1) is 14.2. The molecular formula is C21H25N3O4S2. The average molecular weight is 448 g/mol. The van der Waals surface area contributed by atoms with Crippen LogP contribution >= 0.6 is 11.8 Å². The second-order valence-electron chi connectivity index (χ2n) is 7.16. The van der Waals surface area contributed by atoms with Gasteiger partial charge in [0.05, 0.1) is 4.90 Å². The summed E-state index contributed by atoms with van der Waals surface area (Å²) < 4.78 is 27.7. The van der Waals surface area contributed by atoms with Crippen molar-refractivity contribution < 1.29 is 18.0 Å². The third-order valence-corrected chi connectivity index (χ3v) is 7.10. The molecule has 2 aromatic rings. The van der Waals surface area contributed by atoms with Crippen molar-refractivity contribution in [1.29, 1.82) is 0 Å². The topological polar surface area (TPSA) is 95.6 Å². The maximum atomic E-state index is 12.6. The van der Waals surface area contributed by atoms with Crippen LogP contribution in [-0.2, 0) is 26.0 Å². The van der Waals surface area contributed by atoms with E-state index in [9.17, 15) is 18.0 Å². The van der Waals surface area contributed by atoms with Crippen LogP contribution in [0.3, 0.4) is 0 Å². The van der Waals surface area contributed by atoms with Gasteiger partial charge in [-0.2, -0.15) is 0 Å². The first-order valence-corrected chi connectivity index (χ1v) is 12.3. The summed E-state index contributed by atoms with van der Waals surface area (Å²) in [4.78, 5) is 26.8. The molecule has 0 radical (unpaired) electrons. The van der Waals surface area contributed by atoms with E-state index in [0.29, 0.717) is 12.1 Å². The molecule has 0 saturated carbocycles. The SMILES string of the molecule is CSc1cccc(NC(=O)CCNS(=O)(=O)c2ccc3c(c2)C[C@@H](C)N3C(C)=O)c1. The molecule has 0 bridgehead atoms. The molecule has 0 unspecified atom stereocenters. The summed E-state index contributed by atoms with van der Waals surface area (Å²) in [6.45, 7) is 3.42. The van der Waals surface area contributed by atoms with Gasteiger partial charge in [-0.1, -0.05) is 6.07 Å². The number of rotatable bonds is 7. The molecule has 0 saturated heterocycles. The van der Waals surface area contributed by atoms with Crippen LogP contribution in [0.2, 0.25) is 0 Å². The van der Waals surface area contributed by atoms with Crippen LogP contribution in [0.25, 0.3) is 0 Å². The number of nitrogens with one attached hydrogen (secondary N) is 2. The molecule has 9 heteroatoms. The Balaban J connectivity index is 1.60. The zero-order valence-electron chi connectivity index (χ0n) is 17.1. The Bertz CT molecular complexity index is 1070. The first-order valence-electron chi connectivity index (χ1n) is 9.57. The van der Waals surface area contributed by atoms with Crippen LogP contribution in [0, 0.1) is 0 Å². The van der Waals surface area contributed by atoms with Gasteiger partial charge in [-0.3, -0.25) is 9.59 Å². The van der Waals surface area contributed by atoms with Gasteiger partial charge in [-0.05, 0) is 61.6 Å². The maximum Gasteiger partial charge on any atom is 0.240 e. The van der Waals surface area contributed by atoms with Gasteiger partial charge in [0, 0.05) is 42.2 Å². The molecule has 0 spiro atoms. The molecule has 2 N–H and O–H groups in total. The molecule has 7 nitrogen and oxygen atoms in total. The van der Waals surface area contributed by atoms with Gasteiger partial charge in [-0.15, -0.1) is 11.8 Å². The van der Waals surface area contributed by atoms with E-state index < -0.39 is 10.0 Å². The van der Waals surface area contributed by atoms with Crippen molar-refractivity contribution in [3.05, 3.63) is 48.0 Å². The van der Waals surface area contributed by atoms with Crippen molar-refractivity contribution in [3.63, 3.8) is 0 Å². The highest BCUT2D eigenvalue weighted by molar-refractivity contribution is 7.98. The van der Waals surface area contributed by atoms with Crippen molar-refractivity contribution in [2.75, 3.05) is 23.0 Å². The average Bonchev–Trinajstić information content (AvgIpc) is 3.03. The zero-order chi connectivity index (χ0) is 21.9. The van der Waals surface area contributed by atoms with E-state index in [1.54, 1.807) is 34.9 Å². The van der Waals surface area contributed by atoms with Gasteiger partial charge in [0.1, 0.15) is 0 Å². The molecule has 30 heavy (non-hydrogen) atoms. The van der Waals surface area contributed by atoms with Crippen molar-refractivity contribution in [2.24, 2.45) is 0 Å². The van der Waals surface area contributed by atoms with Gasteiger partial charge in [0.15, 0.2) is 0 Å². The number of carbonyl (C=O) groups is 2. The number of benzene rings is 2. The lowest BCUT2D eigenvalue weighted by atomic mass is 10.1. The molecule has 2 aromatic carbocycles. The number of fused-ring (bicyclic) bond motifs is 1. The molecule has 0 fully saturated rings. The fourth-order valence-electron chi connectivity index (χ4n) is 3.56. The maximum absolute atomic E-state index is 12.6. The monoisotopic (exact) mass is 447 g/mol. The van der Waals surface area contributed by atoms with E-state index >= 15 is 0 Å². The molecular weight excluding hydrogens is 422 g/mol. The van der Waals surface area contributed by atoms with Crippen LogP contribution in [0.1, 0.15) is 25.8 Å². The highest BCUT2D eigenvalue weighted by Crippen LogP contribution is 2.33. The molecule has 1 aliphatic heterocycles. The van der Waals surface area contributed by atoms with E-state index in [-0.39, 0.29) is 35.7 Å².